The number of nitrogens with zero attached hydrogens (tertiary/aromatic N) is 1. The first kappa shape index (κ1) is 13.0. The van der Waals surface area contributed by atoms with Crippen molar-refractivity contribution in [2.45, 2.75) is 13.5 Å². The van der Waals surface area contributed by atoms with Gasteiger partial charge < -0.3 is 11.1 Å². The topological polar surface area (TPSA) is 68.0 Å². The molecule has 4 nitrogen and oxygen atoms in total. The van der Waals surface area contributed by atoms with E-state index in [9.17, 15) is 4.79 Å². The van der Waals surface area contributed by atoms with Crippen molar-refractivity contribution in [3.8, 4) is 0 Å². The normalized spacial score (nSPS) is 10.4. The number of amides is 1. The lowest BCUT2D eigenvalue weighted by Crippen LogP contribution is -2.12. The van der Waals surface area contributed by atoms with Crippen molar-refractivity contribution in [3.63, 3.8) is 0 Å². The molecule has 0 radical (unpaired) electrons. The molecular formula is C12H12ClN3OS. The highest BCUT2D eigenvalue weighted by atomic mass is 35.5. The molecule has 94 valence electrons. The van der Waals surface area contributed by atoms with Crippen LogP contribution in [0, 0.1) is 6.92 Å². The SMILES string of the molecule is Cc1ccc(NC(=O)c2csc(CN)n2)cc1Cl. The second-order valence-electron chi connectivity index (χ2n) is 3.75. The predicted octanol–water partition coefficient (Wildman–Crippen LogP) is 2.82. The standard InChI is InChI=1S/C12H12ClN3OS/c1-7-2-3-8(4-9(7)13)15-12(17)10-6-18-11(5-14)16-10/h2-4,6H,5,14H2,1H3,(H,15,17). The highest BCUT2D eigenvalue weighted by Crippen LogP contribution is 2.20. The molecule has 6 heteroatoms. The molecule has 0 saturated heterocycles. The molecular weight excluding hydrogens is 270 g/mol. The van der Waals surface area contributed by atoms with E-state index in [1.807, 2.05) is 13.0 Å². The Bertz CT molecular complexity index is 582. The van der Waals surface area contributed by atoms with Gasteiger partial charge in [-0.2, -0.15) is 0 Å². The van der Waals surface area contributed by atoms with Crippen LogP contribution >= 0.6 is 22.9 Å². The summed E-state index contributed by atoms with van der Waals surface area (Å²) in [5.74, 6) is -0.258. The first-order valence-electron chi connectivity index (χ1n) is 5.32. The Morgan fingerprint density at radius 2 is 2.33 bits per heavy atom. The fourth-order valence-corrected chi connectivity index (χ4v) is 2.21. The number of rotatable bonds is 3. The summed E-state index contributed by atoms with van der Waals surface area (Å²) < 4.78 is 0. The maximum atomic E-state index is 11.9. The second-order valence-corrected chi connectivity index (χ2v) is 5.10. The molecule has 0 atom stereocenters. The van der Waals surface area contributed by atoms with E-state index >= 15 is 0 Å². The van der Waals surface area contributed by atoms with Crippen LogP contribution in [0.5, 0.6) is 0 Å². The fraction of sp³-hybridized carbons (Fsp3) is 0.167. The van der Waals surface area contributed by atoms with E-state index in [0.717, 1.165) is 10.6 Å². The zero-order chi connectivity index (χ0) is 13.1. The summed E-state index contributed by atoms with van der Waals surface area (Å²) in [6.45, 7) is 2.25. The van der Waals surface area contributed by atoms with Gasteiger partial charge in [0.05, 0.1) is 0 Å². The van der Waals surface area contributed by atoms with Crippen molar-refractivity contribution < 1.29 is 4.79 Å². The van der Waals surface area contributed by atoms with Crippen LogP contribution in [0.25, 0.3) is 0 Å². The van der Waals surface area contributed by atoms with Gasteiger partial charge in [-0.25, -0.2) is 4.98 Å². The third-order valence-corrected chi connectivity index (χ3v) is 3.67. The third-order valence-electron chi connectivity index (χ3n) is 2.39. The zero-order valence-corrected chi connectivity index (χ0v) is 11.3. The van der Waals surface area contributed by atoms with Gasteiger partial charge in [0.2, 0.25) is 0 Å². The van der Waals surface area contributed by atoms with Crippen LogP contribution in [0.4, 0.5) is 5.69 Å². The smallest absolute Gasteiger partial charge is 0.275 e. The maximum Gasteiger partial charge on any atom is 0.275 e. The van der Waals surface area contributed by atoms with Crippen molar-refractivity contribution >= 4 is 34.5 Å². The minimum Gasteiger partial charge on any atom is -0.325 e. The van der Waals surface area contributed by atoms with Crippen LogP contribution in [0.2, 0.25) is 5.02 Å². The Hall–Kier alpha value is -1.43. The van der Waals surface area contributed by atoms with E-state index in [0.29, 0.717) is 22.9 Å². The van der Waals surface area contributed by atoms with Gasteiger partial charge in [-0.05, 0) is 24.6 Å². The van der Waals surface area contributed by atoms with Crippen molar-refractivity contribution in [2.75, 3.05) is 5.32 Å². The number of hydrogen-bond donors (Lipinski definition) is 2. The molecule has 0 bridgehead atoms. The number of nitrogens with one attached hydrogen (secondary N) is 1. The van der Waals surface area contributed by atoms with Crippen molar-refractivity contribution in [2.24, 2.45) is 5.73 Å². The molecule has 1 aromatic carbocycles. The molecule has 1 amide bonds. The summed E-state index contributed by atoms with van der Waals surface area (Å²) in [4.78, 5) is 16.0. The molecule has 0 saturated carbocycles. The lowest BCUT2D eigenvalue weighted by Gasteiger charge is -2.05. The van der Waals surface area contributed by atoms with Crippen LogP contribution in [-0.4, -0.2) is 10.9 Å². The number of anilines is 1. The lowest BCUT2D eigenvalue weighted by molar-refractivity contribution is 0.102. The molecule has 1 aromatic heterocycles. The van der Waals surface area contributed by atoms with Gasteiger partial charge in [-0.15, -0.1) is 11.3 Å². The summed E-state index contributed by atoms with van der Waals surface area (Å²) >= 11 is 7.36. The third kappa shape index (κ3) is 2.87. The number of thiazole rings is 1. The number of carbonyl (C=O) groups is 1. The van der Waals surface area contributed by atoms with Crippen LogP contribution in [0.3, 0.4) is 0 Å². The Balaban J connectivity index is 2.13. The summed E-state index contributed by atoms with van der Waals surface area (Å²) in [6.07, 6.45) is 0. The van der Waals surface area contributed by atoms with E-state index in [4.69, 9.17) is 17.3 Å². The summed E-state index contributed by atoms with van der Waals surface area (Å²) in [7, 11) is 0. The molecule has 0 unspecified atom stereocenters. The summed E-state index contributed by atoms with van der Waals surface area (Å²) in [5.41, 5.74) is 7.44. The molecule has 0 aliphatic rings. The molecule has 1 heterocycles. The number of aryl methyl sites for hydroxylation is 1. The number of carbonyl (C=O) groups excluding carboxylic acids is 1. The average Bonchev–Trinajstić information content (AvgIpc) is 2.82. The zero-order valence-electron chi connectivity index (χ0n) is 9.74. The van der Waals surface area contributed by atoms with Gasteiger partial charge in [-0.3, -0.25) is 4.79 Å². The highest BCUT2D eigenvalue weighted by molar-refractivity contribution is 7.09. The molecule has 2 rings (SSSR count). The number of hydrogen-bond acceptors (Lipinski definition) is 4. The number of aromatic nitrogens is 1. The largest absolute Gasteiger partial charge is 0.325 e. The molecule has 18 heavy (non-hydrogen) atoms. The quantitative estimate of drug-likeness (QED) is 0.909. The van der Waals surface area contributed by atoms with Gasteiger partial charge >= 0.3 is 0 Å². The molecule has 0 fully saturated rings. The van der Waals surface area contributed by atoms with E-state index < -0.39 is 0 Å². The fourth-order valence-electron chi connectivity index (χ4n) is 1.37. The van der Waals surface area contributed by atoms with Crippen LogP contribution < -0.4 is 11.1 Å². The summed E-state index contributed by atoms with van der Waals surface area (Å²) in [5, 5.41) is 5.79. The highest BCUT2D eigenvalue weighted by Gasteiger charge is 2.10. The Morgan fingerprint density at radius 1 is 1.56 bits per heavy atom. The van der Waals surface area contributed by atoms with Crippen molar-refractivity contribution in [1.82, 2.24) is 4.98 Å². The lowest BCUT2D eigenvalue weighted by atomic mass is 10.2. The number of nitrogens with two attached hydrogens (primary N) is 1. The minimum absolute atomic E-state index is 0.258. The van der Waals surface area contributed by atoms with Crippen LogP contribution in [-0.2, 0) is 6.54 Å². The van der Waals surface area contributed by atoms with E-state index in [1.54, 1.807) is 17.5 Å². The molecule has 0 spiro atoms. The van der Waals surface area contributed by atoms with Gasteiger partial charge in [0.15, 0.2) is 0 Å². The van der Waals surface area contributed by atoms with Gasteiger partial charge in [-0.1, -0.05) is 17.7 Å². The number of halogens is 1. The molecule has 2 aromatic rings. The Labute approximate surface area is 114 Å². The van der Waals surface area contributed by atoms with Crippen molar-refractivity contribution in [1.29, 1.82) is 0 Å². The van der Waals surface area contributed by atoms with Gasteiger partial charge in [0.1, 0.15) is 10.7 Å². The van der Waals surface area contributed by atoms with E-state index in [-0.39, 0.29) is 5.91 Å². The minimum atomic E-state index is -0.258. The van der Waals surface area contributed by atoms with Crippen LogP contribution in [0.1, 0.15) is 21.1 Å². The molecule has 3 N–H and O–H groups in total. The van der Waals surface area contributed by atoms with Gasteiger partial charge in [0.25, 0.3) is 5.91 Å². The molecule has 0 aliphatic heterocycles. The van der Waals surface area contributed by atoms with Crippen LogP contribution in [0.15, 0.2) is 23.6 Å². The Morgan fingerprint density at radius 3 is 2.94 bits per heavy atom. The van der Waals surface area contributed by atoms with Crippen molar-refractivity contribution in [3.05, 3.63) is 44.9 Å². The molecule has 0 aliphatic carbocycles. The first-order chi connectivity index (χ1) is 8.60. The first-order valence-corrected chi connectivity index (χ1v) is 6.58. The van der Waals surface area contributed by atoms with E-state index in [2.05, 4.69) is 10.3 Å². The average molecular weight is 282 g/mol. The summed E-state index contributed by atoms with van der Waals surface area (Å²) in [6, 6.07) is 5.37. The Kier molecular flexibility index (Phi) is 3.96. The number of benzene rings is 1. The van der Waals surface area contributed by atoms with Gasteiger partial charge in [0, 0.05) is 22.6 Å². The maximum absolute atomic E-state index is 11.9. The second kappa shape index (κ2) is 5.48. The predicted molar refractivity (Wildman–Crippen MR) is 74.1 cm³/mol. The van der Waals surface area contributed by atoms with E-state index in [1.165, 1.54) is 11.3 Å². The monoisotopic (exact) mass is 281 g/mol.